The third-order valence-corrected chi connectivity index (χ3v) is 3.26. The third-order valence-electron chi connectivity index (χ3n) is 2.48. The Balaban J connectivity index is 2.18. The van der Waals surface area contributed by atoms with Crippen molar-refractivity contribution in [2.45, 2.75) is 37.3 Å². The Kier molecular flexibility index (Phi) is 6.34. The van der Waals surface area contributed by atoms with Gasteiger partial charge in [-0.05, 0) is 31.5 Å². The van der Waals surface area contributed by atoms with E-state index >= 15 is 0 Å². The standard InChI is InChI=1S/C11H20N2O4S/c12-18(15,16)11-6-5-10(17-11)9-13-7-3-1-2-4-8-14/h5-6,13-14H,1-4,7-9H2,(H2,12,15,16). The van der Waals surface area contributed by atoms with Crippen LogP contribution in [0.15, 0.2) is 21.6 Å². The molecule has 0 aliphatic carbocycles. The molecule has 0 atom stereocenters. The summed E-state index contributed by atoms with van der Waals surface area (Å²) in [6.45, 7) is 1.56. The highest BCUT2D eigenvalue weighted by Gasteiger charge is 2.12. The van der Waals surface area contributed by atoms with E-state index in [2.05, 4.69) is 5.32 Å². The molecule has 4 N–H and O–H groups in total. The fourth-order valence-corrected chi connectivity index (χ4v) is 2.01. The predicted molar refractivity (Wildman–Crippen MR) is 67.3 cm³/mol. The van der Waals surface area contributed by atoms with E-state index in [0.29, 0.717) is 12.3 Å². The van der Waals surface area contributed by atoms with E-state index in [4.69, 9.17) is 14.7 Å². The van der Waals surface area contributed by atoms with E-state index in [1.54, 1.807) is 6.07 Å². The van der Waals surface area contributed by atoms with Crippen molar-refractivity contribution in [3.05, 3.63) is 17.9 Å². The van der Waals surface area contributed by atoms with Gasteiger partial charge in [0.25, 0.3) is 10.0 Å². The number of furan rings is 1. The van der Waals surface area contributed by atoms with Crippen LogP contribution >= 0.6 is 0 Å². The van der Waals surface area contributed by atoms with Gasteiger partial charge in [0.2, 0.25) is 5.09 Å². The van der Waals surface area contributed by atoms with E-state index in [9.17, 15) is 8.42 Å². The average molecular weight is 276 g/mol. The summed E-state index contributed by atoms with van der Waals surface area (Å²) in [5, 5.41) is 16.5. The number of hydrogen-bond donors (Lipinski definition) is 3. The smallest absolute Gasteiger partial charge is 0.271 e. The van der Waals surface area contributed by atoms with Crippen LogP contribution in [0.5, 0.6) is 0 Å². The summed E-state index contributed by atoms with van der Waals surface area (Å²) in [4.78, 5) is 0. The van der Waals surface area contributed by atoms with Crippen LogP contribution in [-0.2, 0) is 16.6 Å². The Morgan fingerprint density at radius 2 is 1.94 bits per heavy atom. The minimum Gasteiger partial charge on any atom is -0.447 e. The molecule has 0 aliphatic heterocycles. The van der Waals surface area contributed by atoms with Crippen molar-refractivity contribution in [3.63, 3.8) is 0 Å². The Morgan fingerprint density at radius 1 is 1.22 bits per heavy atom. The number of aliphatic hydroxyl groups excluding tert-OH is 1. The summed E-state index contributed by atoms with van der Waals surface area (Å²) in [6.07, 6.45) is 3.95. The molecule has 104 valence electrons. The van der Waals surface area contributed by atoms with Gasteiger partial charge >= 0.3 is 0 Å². The molecule has 0 saturated heterocycles. The molecule has 0 amide bonds. The van der Waals surface area contributed by atoms with Crippen molar-refractivity contribution < 1.29 is 17.9 Å². The first kappa shape index (κ1) is 15.2. The highest BCUT2D eigenvalue weighted by atomic mass is 32.2. The zero-order valence-corrected chi connectivity index (χ0v) is 11.1. The molecule has 0 aliphatic rings. The largest absolute Gasteiger partial charge is 0.447 e. The number of primary sulfonamides is 1. The summed E-state index contributed by atoms with van der Waals surface area (Å²) in [6, 6.07) is 2.95. The molecule has 0 saturated carbocycles. The number of sulfonamides is 1. The number of rotatable bonds is 9. The third kappa shape index (κ3) is 5.63. The number of aliphatic hydroxyl groups is 1. The molecule has 0 unspecified atom stereocenters. The lowest BCUT2D eigenvalue weighted by Crippen LogP contribution is -2.14. The molecule has 0 aromatic carbocycles. The SMILES string of the molecule is NS(=O)(=O)c1ccc(CNCCCCCCO)o1. The van der Waals surface area contributed by atoms with Gasteiger partial charge in [-0.2, -0.15) is 0 Å². The second-order valence-corrected chi connectivity index (χ2v) is 5.57. The van der Waals surface area contributed by atoms with Gasteiger partial charge in [-0.1, -0.05) is 12.8 Å². The molecule has 0 fully saturated rings. The normalized spacial score (nSPS) is 11.9. The zero-order valence-electron chi connectivity index (χ0n) is 10.3. The number of unbranched alkanes of at least 4 members (excludes halogenated alkanes) is 3. The maximum absolute atomic E-state index is 11.0. The van der Waals surface area contributed by atoms with Crippen molar-refractivity contribution in [3.8, 4) is 0 Å². The molecular weight excluding hydrogens is 256 g/mol. The fraction of sp³-hybridized carbons (Fsp3) is 0.636. The molecule has 0 bridgehead atoms. The Bertz CT molecular complexity index is 442. The lowest BCUT2D eigenvalue weighted by Gasteiger charge is -2.02. The van der Waals surface area contributed by atoms with Crippen LogP contribution in [-0.4, -0.2) is 26.7 Å². The Morgan fingerprint density at radius 3 is 2.56 bits per heavy atom. The quantitative estimate of drug-likeness (QED) is 0.572. The van der Waals surface area contributed by atoms with E-state index in [1.165, 1.54) is 6.07 Å². The first-order chi connectivity index (χ1) is 8.54. The van der Waals surface area contributed by atoms with Crippen LogP contribution in [0, 0.1) is 0 Å². The van der Waals surface area contributed by atoms with E-state index in [0.717, 1.165) is 32.2 Å². The Labute approximate surface area is 107 Å². The van der Waals surface area contributed by atoms with Gasteiger partial charge in [-0.25, -0.2) is 13.6 Å². The van der Waals surface area contributed by atoms with Crippen molar-refractivity contribution in [2.24, 2.45) is 5.14 Å². The molecule has 18 heavy (non-hydrogen) atoms. The number of hydrogen-bond acceptors (Lipinski definition) is 5. The van der Waals surface area contributed by atoms with Gasteiger partial charge in [0.15, 0.2) is 0 Å². The minimum atomic E-state index is -3.75. The van der Waals surface area contributed by atoms with Gasteiger partial charge in [0.05, 0.1) is 6.54 Å². The second kappa shape index (κ2) is 7.52. The number of nitrogens with two attached hydrogens (primary N) is 1. The van der Waals surface area contributed by atoms with Gasteiger partial charge in [0.1, 0.15) is 5.76 Å². The van der Waals surface area contributed by atoms with Crippen LogP contribution < -0.4 is 10.5 Å². The van der Waals surface area contributed by atoms with Crippen LogP contribution in [0.4, 0.5) is 0 Å². The second-order valence-electron chi connectivity index (χ2n) is 4.08. The van der Waals surface area contributed by atoms with Gasteiger partial charge in [0, 0.05) is 6.61 Å². The summed E-state index contributed by atoms with van der Waals surface area (Å²) >= 11 is 0. The highest BCUT2D eigenvalue weighted by Crippen LogP contribution is 2.11. The molecule has 7 heteroatoms. The highest BCUT2D eigenvalue weighted by molar-refractivity contribution is 7.89. The van der Waals surface area contributed by atoms with Crippen LogP contribution in [0.2, 0.25) is 0 Å². The Hall–Kier alpha value is -0.890. The molecule has 0 radical (unpaired) electrons. The lowest BCUT2D eigenvalue weighted by atomic mass is 10.2. The predicted octanol–water partition coefficient (Wildman–Crippen LogP) is 0.569. The van der Waals surface area contributed by atoms with E-state index < -0.39 is 10.0 Å². The summed E-state index contributed by atoms with van der Waals surface area (Å²) in [5.41, 5.74) is 0. The molecule has 0 spiro atoms. The topological polar surface area (TPSA) is 106 Å². The van der Waals surface area contributed by atoms with Crippen molar-refractivity contribution >= 4 is 10.0 Å². The summed E-state index contributed by atoms with van der Waals surface area (Å²) in [5.74, 6) is 0.550. The van der Waals surface area contributed by atoms with Crippen LogP contribution in [0.3, 0.4) is 0 Å². The molecule has 1 heterocycles. The monoisotopic (exact) mass is 276 g/mol. The van der Waals surface area contributed by atoms with E-state index in [-0.39, 0.29) is 11.7 Å². The first-order valence-electron chi connectivity index (χ1n) is 5.97. The van der Waals surface area contributed by atoms with Crippen molar-refractivity contribution in [2.75, 3.05) is 13.2 Å². The van der Waals surface area contributed by atoms with Crippen LogP contribution in [0.25, 0.3) is 0 Å². The average Bonchev–Trinajstić information content (AvgIpc) is 2.76. The lowest BCUT2D eigenvalue weighted by molar-refractivity contribution is 0.282. The zero-order chi connectivity index (χ0) is 13.4. The summed E-state index contributed by atoms with van der Waals surface area (Å²) < 4.78 is 27.0. The molecule has 1 aromatic heterocycles. The maximum atomic E-state index is 11.0. The first-order valence-corrected chi connectivity index (χ1v) is 7.52. The van der Waals surface area contributed by atoms with Gasteiger partial charge in [-0.15, -0.1) is 0 Å². The van der Waals surface area contributed by atoms with Gasteiger partial charge in [-0.3, -0.25) is 0 Å². The number of nitrogens with one attached hydrogen (secondary N) is 1. The van der Waals surface area contributed by atoms with Crippen molar-refractivity contribution in [1.82, 2.24) is 5.32 Å². The molecule has 6 nitrogen and oxygen atoms in total. The summed E-state index contributed by atoms with van der Waals surface area (Å²) in [7, 11) is -3.75. The maximum Gasteiger partial charge on any atom is 0.271 e. The minimum absolute atomic E-state index is 0.206. The molecular formula is C11H20N2O4S. The van der Waals surface area contributed by atoms with E-state index in [1.807, 2.05) is 0 Å². The molecule has 1 rings (SSSR count). The fourth-order valence-electron chi connectivity index (χ4n) is 1.53. The molecule has 1 aromatic rings. The van der Waals surface area contributed by atoms with Crippen molar-refractivity contribution in [1.29, 1.82) is 0 Å². The van der Waals surface area contributed by atoms with Crippen LogP contribution in [0.1, 0.15) is 31.4 Å². The van der Waals surface area contributed by atoms with Gasteiger partial charge < -0.3 is 14.8 Å².